The molecule has 2 N–H and O–H groups in total. The summed E-state index contributed by atoms with van der Waals surface area (Å²) >= 11 is 0. The number of ether oxygens (including phenoxy) is 1. The number of nitrogen functional groups attached to an aromatic ring is 1. The molecule has 2 aromatic carbocycles. The van der Waals surface area contributed by atoms with Crippen LogP contribution in [0, 0.1) is 12.7 Å². The van der Waals surface area contributed by atoms with E-state index in [-0.39, 0.29) is 5.82 Å². The second-order valence-electron chi connectivity index (χ2n) is 4.59. The molecule has 3 rings (SSSR count). The molecule has 0 radical (unpaired) electrons. The number of anilines is 1. The summed E-state index contributed by atoms with van der Waals surface area (Å²) in [5, 5.41) is 0. The summed E-state index contributed by atoms with van der Waals surface area (Å²) in [6.45, 7) is 1.91. The first-order chi connectivity index (χ1) is 9.60. The van der Waals surface area contributed by atoms with Gasteiger partial charge in [-0.15, -0.1) is 0 Å². The lowest BCUT2D eigenvalue weighted by atomic mass is 10.2. The Hall–Kier alpha value is -2.56. The minimum Gasteiger partial charge on any atom is -0.497 e. The summed E-state index contributed by atoms with van der Waals surface area (Å²) in [7, 11) is 1.60. The molecule has 0 saturated heterocycles. The van der Waals surface area contributed by atoms with Crippen molar-refractivity contribution in [3.63, 3.8) is 0 Å². The van der Waals surface area contributed by atoms with E-state index in [4.69, 9.17) is 10.5 Å². The zero-order valence-corrected chi connectivity index (χ0v) is 11.2. The SMILES string of the molecule is COc1ccc2c(c1)nc(N)n2-c1cc(F)ccc1C. The Bertz CT molecular complexity index is 795. The fourth-order valence-electron chi connectivity index (χ4n) is 2.28. The van der Waals surface area contributed by atoms with Crippen LogP contribution in [0.25, 0.3) is 16.7 Å². The number of fused-ring (bicyclic) bond motifs is 1. The van der Waals surface area contributed by atoms with Crippen molar-refractivity contribution < 1.29 is 9.13 Å². The lowest BCUT2D eigenvalue weighted by molar-refractivity contribution is 0.415. The van der Waals surface area contributed by atoms with Crippen molar-refractivity contribution in [1.29, 1.82) is 0 Å². The van der Waals surface area contributed by atoms with Gasteiger partial charge in [0, 0.05) is 6.07 Å². The first-order valence-corrected chi connectivity index (χ1v) is 6.18. The first-order valence-electron chi connectivity index (χ1n) is 6.18. The van der Waals surface area contributed by atoms with E-state index in [2.05, 4.69) is 4.98 Å². The largest absolute Gasteiger partial charge is 0.497 e. The molecular formula is C15H14FN3O. The van der Waals surface area contributed by atoms with Crippen LogP contribution in [0.2, 0.25) is 0 Å². The standard InChI is InChI=1S/C15H14FN3O/c1-9-3-4-10(16)7-14(9)19-13-6-5-11(20-2)8-12(13)18-15(19)17/h3-8H,1-2H3,(H2,17,18). The minimum atomic E-state index is -0.305. The van der Waals surface area contributed by atoms with Gasteiger partial charge in [0.25, 0.3) is 0 Å². The van der Waals surface area contributed by atoms with Gasteiger partial charge in [0.2, 0.25) is 5.95 Å². The molecule has 1 aromatic heterocycles. The summed E-state index contributed by atoms with van der Waals surface area (Å²) in [4.78, 5) is 4.31. The van der Waals surface area contributed by atoms with Crippen LogP contribution in [-0.4, -0.2) is 16.7 Å². The van der Waals surface area contributed by atoms with Gasteiger partial charge in [-0.2, -0.15) is 0 Å². The summed E-state index contributed by atoms with van der Waals surface area (Å²) in [6.07, 6.45) is 0. The number of hydrogen-bond acceptors (Lipinski definition) is 3. The van der Waals surface area contributed by atoms with Gasteiger partial charge in [-0.3, -0.25) is 4.57 Å². The third-order valence-corrected chi connectivity index (χ3v) is 3.30. The average molecular weight is 271 g/mol. The number of rotatable bonds is 2. The third-order valence-electron chi connectivity index (χ3n) is 3.30. The van der Waals surface area contributed by atoms with Gasteiger partial charge in [-0.1, -0.05) is 6.07 Å². The zero-order chi connectivity index (χ0) is 14.3. The quantitative estimate of drug-likeness (QED) is 0.779. The van der Waals surface area contributed by atoms with Gasteiger partial charge in [0.1, 0.15) is 11.6 Å². The Morgan fingerprint density at radius 3 is 2.75 bits per heavy atom. The Morgan fingerprint density at radius 1 is 1.20 bits per heavy atom. The fraction of sp³-hybridized carbons (Fsp3) is 0.133. The molecule has 0 amide bonds. The lowest BCUT2D eigenvalue weighted by Gasteiger charge is -2.10. The second-order valence-corrected chi connectivity index (χ2v) is 4.59. The summed E-state index contributed by atoms with van der Waals surface area (Å²) < 4.78 is 20.4. The molecule has 3 aromatic rings. The Morgan fingerprint density at radius 2 is 2.00 bits per heavy atom. The highest BCUT2D eigenvalue weighted by atomic mass is 19.1. The molecule has 1 heterocycles. The fourth-order valence-corrected chi connectivity index (χ4v) is 2.28. The van der Waals surface area contributed by atoms with Gasteiger partial charge in [-0.25, -0.2) is 9.37 Å². The van der Waals surface area contributed by atoms with E-state index in [0.717, 1.165) is 11.1 Å². The van der Waals surface area contributed by atoms with Gasteiger partial charge < -0.3 is 10.5 Å². The molecule has 0 spiro atoms. The maximum absolute atomic E-state index is 13.5. The van der Waals surface area contributed by atoms with Gasteiger partial charge >= 0.3 is 0 Å². The van der Waals surface area contributed by atoms with E-state index in [0.29, 0.717) is 22.9 Å². The first kappa shape index (κ1) is 12.5. The van der Waals surface area contributed by atoms with Crippen LogP contribution >= 0.6 is 0 Å². The number of imidazole rings is 1. The Labute approximate surface area is 115 Å². The second kappa shape index (κ2) is 4.52. The highest BCUT2D eigenvalue weighted by Gasteiger charge is 2.13. The topological polar surface area (TPSA) is 53.1 Å². The minimum absolute atomic E-state index is 0.305. The highest BCUT2D eigenvalue weighted by molar-refractivity contribution is 5.82. The van der Waals surface area contributed by atoms with Crippen molar-refractivity contribution in [2.45, 2.75) is 6.92 Å². The number of hydrogen-bond donors (Lipinski definition) is 1. The van der Waals surface area contributed by atoms with Crippen molar-refractivity contribution in [2.24, 2.45) is 0 Å². The van der Waals surface area contributed by atoms with Crippen molar-refractivity contribution in [2.75, 3.05) is 12.8 Å². The molecular weight excluding hydrogens is 257 g/mol. The summed E-state index contributed by atoms with van der Waals surface area (Å²) in [6, 6.07) is 10.1. The molecule has 102 valence electrons. The number of benzene rings is 2. The van der Waals surface area contributed by atoms with Crippen molar-refractivity contribution in [1.82, 2.24) is 9.55 Å². The Balaban J connectivity index is 2.30. The van der Waals surface area contributed by atoms with Crippen LogP contribution < -0.4 is 10.5 Å². The van der Waals surface area contributed by atoms with E-state index >= 15 is 0 Å². The normalized spacial score (nSPS) is 10.9. The van der Waals surface area contributed by atoms with Crippen LogP contribution in [0.3, 0.4) is 0 Å². The number of methoxy groups -OCH3 is 1. The number of aromatic nitrogens is 2. The average Bonchev–Trinajstić information content (AvgIpc) is 2.76. The van der Waals surface area contributed by atoms with E-state index in [1.54, 1.807) is 23.8 Å². The number of halogens is 1. The maximum Gasteiger partial charge on any atom is 0.205 e. The molecule has 0 unspecified atom stereocenters. The zero-order valence-electron chi connectivity index (χ0n) is 11.2. The maximum atomic E-state index is 13.5. The van der Waals surface area contributed by atoms with Crippen molar-refractivity contribution in [3.05, 3.63) is 47.8 Å². The lowest BCUT2D eigenvalue weighted by Crippen LogP contribution is -2.03. The highest BCUT2D eigenvalue weighted by Crippen LogP contribution is 2.28. The molecule has 0 aliphatic rings. The third kappa shape index (κ3) is 1.87. The van der Waals surface area contributed by atoms with E-state index in [1.807, 2.05) is 19.1 Å². The van der Waals surface area contributed by atoms with E-state index in [9.17, 15) is 4.39 Å². The monoisotopic (exact) mass is 271 g/mol. The summed E-state index contributed by atoms with van der Waals surface area (Å²) in [5.74, 6) is 0.723. The molecule has 0 aliphatic heterocycles. The van der Waals surface area contributed by atoms with Crippen LogP contribution in [-0.2, 0) is 0 Å². The molecule has 5 heteroatoms. The molecule has 20 heavy (non-hydrogen) atoms. The molecule has 0 fully saturated rings. The number of nitrogens with zero attached hydrogens (tertiary/aromatic N) is 2. The van der Waals surface area contributed by atoms with Crippen molar-refractivity contribution >= 4 is 17.0 Å². The number of nitrogens with two attached hydrogens (primary N) is 1. The van der Waals surface area contributed by atoms with Crippen LogP contribution in [0.1, 0.15) is 5.56 Å². The number of aryl methyl sites for hydroxylation is 1. The molecule has 0 atom stereocenters. The van der Waals surface area contributed by atoms with Gasteiger partial charge in [0.05, 0.1) is 23.8 Å². The molecule has 0 saturated carbocycles. The predicted octanol–water partition coefficient (Wildman–Crippen LogP) is 3.06. The van der Waals surface area contributed by atoms with E-state index < -0.39 is 0 Å². The smallest absolute Gasteiger partial charge is 0.205 e. The van der Waals surface area contributed by atoms with E-state index in [1.165, 1.54) is 12.1 Å². The van der Waals surface area contributed by atoms with Crippen LogP contribution in [0.15, 0.2) is 36.4 Å². The molecule has 0 bridgehead atoms. The Kier molecular flexibility index (Phi) is 2.82. The van der Waals surface area contributed by atoms with Gasteiger partial charge in [-0.05, 0) is 36.8 Å². The molecule has 0 aliphatic carbocycles. The van der Waals surface area contributed by atoms with Crippen LogP contribution in [0.5, 0.6) is 5.75 Å². The van der Waals surface area contributed by atoms with Gasteiger partial charge in [0.15, 0.2) is 0 Å². The molecule has 4 nitrogen and oxygen atoms in total. The van der Waals surface area contributed by atoms with Crippen LogP contribution in [0.4, 0.5) is 10.3 Å². The predicted molar refractivity (Wildman–Crippen MR) is 76.7 cm³/mol. The summed E-state index contributed by atoms with van der Waals surface area (Å²) in [5.41, 5.74) is 9.13. The van der Waals surface area contributed by atoms with Crippen molar-refractivity contribution in [3.8, 4) is 11.4 Å².